The van der Waals surface area contributed by atoms with Crippen molar-refractivity contribution >= 4 is 5.91 Å². The molecule has 1 amide bonds. The van der Waals surface area contributed by atoms with Gasteiger partial charge in [-0.1, -0.05) is 6.07 Å². The molecule has 0 radical (unpaired) electrons. The van der Waals surface area contributed by atoms with Crippen molar-refractivity contribution in [2.24, 2.45) is 0 Å². The van der Waals surface area contributed by atoms with Gasteiger partial charge in [-0.15, -0.1) is 0 Å². The SMILES string of the molecule is COc1ccc2c(c1)CCCC2NCCC(=O)NC1CC1. The summed E-state index contributed by atoms with van der Waals surface area (Å²) in [5, 5.41) is 6.57. The normalized spacial score (nSPS) is 20.7. The van der Waals surface area contributed by atoms with E-state index in [1.807, 2.05) is 6.07 Å². The molecule has 21 heavy (non-hydrogen) atoms. The third-order valence-electron chi connectivity index (χ3n) is 4.35. The molecule has 1 aromatic rings. The van der Waals surface area contributed by atoms with Crippen LogP contribution in [0.1, 0.15) is 49.3 Å². The topological polar surface area (TPSA) is 50.4 Å². The number of carbonyl (C=O) groups excluding carboxylic acids is 1. The fourth-order valence-corrected chi connectivity index (χ4v) is 3.02. The molecule has 1 atom stereocenters. The Labute approximate surface area is 126 Å². The van der Waals surface area contributed by atoms with E-state index < -0.39 is 0 Å². The molecule has 0 spiro atoms. The van der Waals surface area contributed by atoms with E-state index >= 15 is 0 Å². The van der Waals surface area contributed by atoms with E-state index in [0.29, 0.717) is 18.5 Å². The van der Waals surface area contributed by atoms with E-state index in [4.69, 9.17) is 4.74 Å². The van der Waals surface area contributed by atoms with E-state index in [1.54, 1.807) is 7.11 Å². The molecule has 4 nitrogen and oxygen atoms in total. The second-order valence-electron chi connectivity index (χ2n) is 6.06. The van der Waals surface area contributed by atoms with Crippen molar-refractivity contribution in [3.8, 4) is 5.75 Å². The number of benzene rings is 1. The smallest absolute Gasteiger partial charge is 0.221 e. The number of rotatable bonds is 6. The second kappa shape index (κ2) is 6.48. The monoisotopic (exact) mass is 288 g/mol. The van der Waals surface area contributed by atoms with E-state index in [-0.39, 0.29) is 5.91 Å². The van der Waals surface area contributed by atoms with Crippen molar-refractivity contribution in [3.05, 3.63) is 29.3 Å². The van der Waals surface area contributed by atoms with Gasteiger partial charge in [-0.25, -0.2) is 0 Å². The average Bonchev–Trinajstić information content (AvgIpc) is 3.30. The van der Waals surface area contributed by atoms with Crippen molar-refractivity contribution in [1.82, 2.24) is 10.6 Å². The van der Waals surface area contributed by atoms with Crippen molar-refractivity contribution in [2.75, 3.05) is 13.7 Å². The fourth-order valence-electron chi connectivity index (χ4n) is 3.02. The lowest BCUT2D eigenvalue weighted by Crippen LogP contribution is -2.31. The van der Waals surface area contributed by atoms with Gasteiger partial charge in [0.25, 0.3) is 0 Å². The van der Waals surface area contributed by atoms with E-state index in [2.05, 4.69) is 22.8 Å². The molecule has 114 valence electrons. The van der Waals surface area contributed by atoms with E-state index in [1.165, 1.54) is 17.5 Å². The molecule has 2 aliphatic carbocycles. The summed E-state index contributed by atoms with van der Waals surface area (Å²) in [6, 6.07) is 7.16. The molecule has 0 bridgehead atoms. The zero-order chi connectivity index (χ0) is 14.7. The lowest BCUT2D eigenvalue weighted by Gasteiger charge is -2.27. The summed E-state index contributed by atoms with van der Waals surface area (Å²) in [6.07, 6.45) is 6.31. The van der Waals surface area contributed by atoms with Gasteiger partial charge in [-0.3, -0.25) is 4.79 Å². The highest BCUT2D eigenvalue weighted by molar-refractivity contribution is 5.76. The largest absolute Gasteiger partial charge is 0.497 e. The first-order chi connectivity index (χ1) is 10.3. The quantitative estimate of drug-likeness (QED) is 0.844. The third-order valence-corrected chi connectivity index (χ3v) is 4.35. The van der Waals surface area contributed by atoms with Crippen LogP contribution >= 0.6 is 0 Å². The maximum Gasteiger partial charge on any atom is 0.221 e. The van der Waals surface area contributed by atoms with Gasteiger partial charge in [0.05, 0.1) is 7.11 Å². The first-order valence-electron chi connectivity index (χ1n) is 7.96. The van der Waals surface area contributed by atoms with Crippen molar-refractivity contribution in [3.63, 3.8) is 0 Å². The van der Waals surface area contributed by atoms with Crippen LogP contribution < -0.4 is 15.4 Å². The standard InChI is InChI=1S/C17H24N2O2/c1-21-14-7-8-15-12(11-14)3-2-4-16(15)18-10-9-17(20)19-13-5-6-13/h7-8,11,13,16,18H,2-6,9-10H2,1H3,(H,19,20). The molecule has 1 saturated carbocycles. The zero-order valence-electron chi connectivity index (χ0n) is 12.7. The maximum atomic E-state index is 11.7. The molecule has 1 unspecified atom stereocenters. The minimum absolute atomic E-state index is 0.177. The Morgan fingerprint density at radius 3 is 2.95 bits per heavy atom. The van der Waals surface area contributed by atoms with Crippen LogP contribution in [-0.2, 0) is 11.2 Å². The minimum atomic E-state index is 0.177. The molecule has 2 aliphatic rings. The lowest BCUT2D eigenvalue weighted by molar-refractivity contribution is -0.121. The van der Waals surface area contributed by atoms with Gasteiger partial charge >= 0.3 is 0 Å². The molecule has 3 rings (SSSR count). The Kier molecular flexibility index (Phi) is 4.44. The van der Waals surface area contributed by atoms with Gasteiger partial charge in [-0.2, -0.15) is 0 Å². The lowest BCUT2D eigenvalue weighted by atomic mass is 9.87. The van der Waals surface area contributed by atoms with Crippen LogP contribution in [0.4, 0.5) is 0 Å². The average molecular weight is 288 g/mol. The van der Waals surface area contributed by atoms with Gasteiger partial charge in [0.2, 0.25) is 5.91 Å². The number of methoxy groups -OCH3 is 1. The van der Waals surface area contributed by atoms with Crippen LogP contribution in [0.25, 0.3) is 0 Å². The summed E-state index contributed by atoms with van der Waals surface area (Å²) < 4.78 is 5.30. The maximum absolute atomic E-state index is 11.7. The minimum Gasteiger partial charge on any atom is -0.497 e. The highest BCUT2D eigenvalue weighted by Gasteiger charge is 2.23. The molecule has 0 saturated heterocycles. The van der Waals surface area contributed by atoms with Crippen LogP contribution in [0, 0.1) is 0 Å². The predicted octanol–water partition coefficient (Wildman–Crippen LogP) is 2.33. The van der Waals surface area contributed by atoms with Gasteiger partial charge < -0.3 is 15.4 Å². The number of hydrogen-bond acceptors (Lipinski definition) is 3. The number of carbonyl (C=O) groups is 1. The molecule has 0 aromatic heterocycles. The van der Waals surface area contributed by atoms with Crippen LogP contribution in [0.15, 0.2) is 18.2 Å². The third kappa shape index (κ3) is 3.76. The number of nitrogens with one attached hydrogen (secondary N) is 2. The van der Waals surface area contributed by atoms with Crippen molar-refractivity contribution in [1.29, 1.82) is 0 Å². The van der Waals surface area contributed by atoms with Gasteiger partial charge in [-0.05, 0) is 55.4 Å². The summed E-state index contributed by atoms with van der Waals surface area (Å²) in [4.78, 5) is 11.7. The van der Waals surface area contributed by atoms with Crippen LogP contribution in [0.3, 0.4) is 0 Å². The number of aryl methyl sites for hydroxylation is 1. The summed E-state index contributed by atoms with van der Waals surface area (Å²) in [5.41, 5.74) is 2.74. The number of amides is 1. The number of hydrogen-bond donors (Lipinski definition) is 2. The Balaban J connectivity index is 1.53. The highest BCUT2D eigenvalue weighted by Crippen LogP contribution is 2.32. The molecule has 0 aliphatic heterocycles. The summed E-state index contributed by atoms with van der Waals surface area (Å²) >= 11 is 0. The van der Waals surface area contributed by atoms with Crippen molar-refractivity contribution in [2.45, 2.75) is 50.6 Å². The Hall–Kier alpha value is -1.55. The van der Waals surface area contributed by atoms with E-state index in [9.17, 15) is 4.79 Å². The Bertz CT molecular complexity index is 512. The van der Waals surface area contributed by atoms with Crippen LogP contribution in [0.2, 0.25) is 0 Å². The summed E-state index contributed by atoms with van der Waals surface area (Å²) in [7, 11) is 1.71. The Morgan fingerprint density at radius 1 is 1.33 bits per heavy atom. The molecule has 1 aromatic carbocycles. The first kappa shape index (κ1) is 14.4. The van der Waals surface area contributed by atoms with Crippen LogP contribution in [0.5, 0.6) is 5.75 Å². The molecular weight excluding hydrogens is 264 g/mol. The van der Waals surface area contributed by atoms with Crippen molar-refractivity contribution < 1.29 is 9.53 Å². The summed E-state index contributed by atoms with van der Waals surface area (Å²) in [5.74, 6) is 1.11. The molecule has 2 N–H and O–H groups in total. The van der Waals surface area contributed by atoms with E-state index in [0.717, 1.165) is 38.0 Å². The number of ether oxygens (including phenoxy) is 1. The molecule has 1 fully saturated rings. The molecule has 0 heterocycles. The molecule has 4 heteroatoms. The predicted molar refractivity (Wildman–Crippen MR) is 82.5 cm³/mol. The Morgan fingerprint density at radius 2 is 2.19 bits per heavy atom. The highest BCUT2D eigenvalue weighted by atomic mass is 16.5. The van der Waals surface area contributed by atoms with Crippen LogP contribution in [-0.4, -0.2) is 25.6 Å². The fraction of sp³-hybridized carbons (Fsp3) is 0.588. The summed E-state index contributed by atoms with van der Waals surface area (Å²) in [6.45, 7) is 0.745. The zero-order valence-corrected chi connectivity index (χ0v) is 12.7. The van der Waals surface area contributed by atoms with Gasteiger partial charge in [0.15, 0.2) is 0 Å². The second-order valence-corrected chi connectivity index (χ2v) is 6.06. The number of fused-ring (bicyclic) bond motifs is 1. The van der Waals surface area contributed by atoms with Gasteiger partial charge in [0.1, 0.15) is 5.75 Å². The first-order valence-corrected chi connectivity index (χ1v) is 7.96. The van der Waals surface area contributed by atoms with Gasteiger partial charge in [0, 0.05) is 25.0 Å². The molecular formula is C17H24N2O2.